The Hall–Kier alpha value is -3.56. The highest BCUT2D eigenvalue weighted by atomic mass is 16.5. The maximum atomic E-state index is 12.3. The number of furan rings is 2. The van der Waals surface area contributed by atoms with Crippen LogP contribution in [0.2, 0.25) is 0 Å². The quantitative estimate of drug-likeness (QED) is 0.642. The fourth-order valence-corrected chi connectivity index (χ4v) is 2.99. The molecule has 0 unspecified atom stereocenters. The average Bonchev–Trinajstić information content (AvgIpc) is 3.37. The molecule has 2 amide bonds. The lowest BCUT2D eigenvalue weighted by Gasteiger charge is -2.34. The lowest BCUT2D eigenvalue weighted by Crippen LogP contribution is -2.52. The predicted molar refractivity (Wildman–Crippen MR) is 101 cm³/mol. The van der Waals surface area contributed by atoms with E-state index in [1.807, 2.05) is 0 Å². The van der Waals surface area contributed by atoms with E-state index < -0.39 is 11.9 Å². The molecule has 160 valence electrons. The standard InChI is InChI=1S/C20H22N2O8/c1-13-15(3-9-27-13)19(25)29-11-17(23)21-5-7-22(8-6-21)18(24)12-30-20(26)16-4-10-28-14(16)2/h3-4,9-10H,5-8,11-12H2,1-2H3. The molecule has 1 saturated heterocycles. The molecule has 1 aliphatic rings. The second-order valence-corrected chi connectivity index (χ2v) is 6.69. The van der Waals surface area contributed by atoms with E-state index in [2.05, 4.69) is 0 Å². The summed E-state index contributed by atoms with van der Waals surface area (Å²) >= 11 is 0. The van der Waals surface area contributed by atoms with Crippen LogP contribution in [0.25, 0.3) is 0 Å². The Bertz CT molecular complexity index is 860. The van der Waals surface area contributed by atoms with Crippen molar-refractivity contribution in [3.05, 3.63) is 47.3 Å². The van der Waals surface area contributed by atoms with Crippen molar-refractivity contribution >= 4 is 23.8 Å². The fourth-order valence-electron chi connectivity index (χ4n) is 2.99. The third kappa shape index (κ3) is 4.88. The Labute approximate surface area is 172 Å². The second kappa shape index (κ2) is 9.29. The second-order valence-electron chi connectivity index (χ2n) is 6.69. The lowest BCUT2D eigenvalue weighted by molar-refractivity contribution is -0.142. The minimum atomic E-state index is -0.627. The number of nitrogens with zero attached hydrogens (tertiary/aromatic N) is 2. The van der Waals surface area contributed by atoms with Gasteiger partial charge in [0.25, 0.3) is 11.8 Å². The molecule has 1 aliphatic heterocycles. The molecule has 3 heterocycles. The van der Waals surface area contributed by atoms with Crippen LogP contribution in [0.1, 0.15) is 32.2 Å². The van der Waals surface area contributed by atoms with Crippen LogP contribution in [0.15, 0.2) is 33.5 Å². The van der Waals surface area contributed by atoms with E-state index in [9.17, 15) is 19.2 Å². The summed E-state index contributed by atoms with van der Waals surface area (Å²) in [4.78, 5) is 51.4. The average molecular weight is 418 g/mol. The van der Waals surface area contributed by atoms with Gasteiger partial charge in [0, 0.05) is 26.2 Å². The zero-order valence-corrected chi connectivity index (χ0v) is 16.7. The SMILES string of the molecule is Cc1occc1C(=O)OCC(=O)N1CCN(C(=O)COC(=O)c2ccoc2C)CC1. The summed E-state index contributed by atoms with van der Waals surface area (Å²) in [5.74, 6) is -1.11. The number of carbonyl (C=O) groups is 4. The Kier molecular flexibility index (Phi) is 6.55. The highest BCUT2D eigenvalue weighted by molar-refractivity contribution is 5.93. The van der Waals surface area contributed by atoms with Gasteiger partial charge in [0.15, 0.2) is 13.2 Å². The molecule has 0 N–H and O–H groups in total. The molecule has 2 aromatic rings. The molecular weight excluding hydrogens is 396 g/mol. The van der Waals surface area contributed by atoms with E-state index >= 15 is 0 Å². The first kappa shape index (κ1) is 21.2. The molecule has 0 bridgehead atoms. The van der Waals surface area contributed by atoms with E-state index in [0.717, 1.165) is 0 Å². The maximum absolute atomic E-state index is 12.3. The smallest absolute Gasteiger partial charge is 0.342 e. The first-order valence-electron chi connectivity index (χ1n) is 9.34. The van der Waals surface area contributed by atoms with Crippen LogP contribution in [-0.2, 0) is 19.1 Å². The molecule has 1 fully saturated rings. The van der Waals surface area contributed by atoms with Gasteiger partial charge < -0.3 is 28.1 Å². The van der Waals surface area contributed by atoms with Crippen molar-refractivity contribution in [1.29, 1.82) is 0 Å². The summed E-state index contributed by atoms with van der Waals surface area (Å²) in [6, 6.07) is 2.96. The number of ether oxygens (including phenoxy) is 2. The molecule has 0 saturated carbocycles. The van der Waals surface area contributed by atoms with E-state index in [1.54, 1.807) is 13.8 Å². The van der Waals surface area contributed by atoms with Gasteiger partial charge in [0.05, 0.1) is 12.5 Å². The normalized spacial score (nSPS) is 13.8. The topological polar surface area (TPSA) is 120 Å². The summed E-state index contributed by atoms with van der Waals surface area (Å²) in [5, 5.41) is 0. The van der Waals surface area contributed by atoms with Crippen molar-refractivity contribution in [3.8, 4) is 0 Å². The zero-order valence-electron chi connectivity index (χ0n) is 16.7. The number of aryl methyl sites for hydroxylation is 2. The van der Waals surface area contributed by atoms with Gasteiger partial charge in [-0.05, 0) is 26.0 Å². The van der Waals surface area contributed by atoms with Gasteiger partial charge in [0.1, 0.15) is 22.6 Å². The number of piperazine rings is 1. The van der Waals surface area contributed by atoms with Crippen LogP contribution >= 0.6 is 0 Å². The van der Waals surface area contributed by atoms with Crippen LogP contribution in [0, 0.1) is 13.8 Å². The van der Waals surface area contributed by atoms with Gasteiger partial charge in [0.2, 0.25) is 0 Å². The predicted octanol–water partition coefficient (Wildman–Crippen LogP) is 1.17. The van der Waals surface area contributed by atoms with Crippen molar-refractivity contribution in [2.75, 3.05) is 39.4 Å². The van der Waals surface area contributed by atoms with Crippen LogP contribution < -0.4 is 0 Å². The molecule has 3 rings (SSSR count). The Balaban J connectivity index is 1.39. The molecular formula is C20H22N2O8. The maximum Gasteiger partial charge on any atom is 0.342 e. The highest BCUT2D eigenvalue weighted by Gasteiger charge is 2.26. The molecule has 0 spiro atoms. The van der Waals surface area contributed by atoms with Gasteiger partial charge in [-0.1, -0.05) is 0 Å². The number of carbonyl (C=O) groups excluding carboxylic acids is 4. The Morgan fingerprint density at radius 2 is 1.13 bits per heavy atom. The van der Waals surface area contributed by atoms with E-state index in [1.165, 1.54) is 34.5 Å². The Morgan fingerprint density at radius 3 is 1.43 bits per heavy atom. The first-order chi connectivity index (χ1) is 14.4. The third-order valence-corrected chi connectivity index (χ3v) is 4.80. The summed E-state index contributed by atoms with van der Waals surface area (Å²) in [6.07, 6.45) is 2.75. The Morgan fingerprint density at radius 1 is 0.767 bits per heavy atom. The number of esters is 2. The van der Waals surface area contributed by atoms with Crippen LogP contribution in [0.3, 0.4) is 0 Å². The van der Waals surface area contributed by atoms with Gasteiger partial charge >= 0.3 is 11.9 Å². The minimum absolute atomic E-state index is 0.276. The van der Waals surface area contributed by atoms with Crippen molar-refractivity contribution < 1.29 is 37.5 Å². The summed E-state index contributed by atoms with van der Waals surface area (Å²) in [7, 11) is 0. The zero-order chi connectivity index (χ0) is 21.7. The first-order valence-corrected chi connectivity index (χ1v) is 9.34. The van der Waals surface area contributed by atoms with Crippen LogP contribution in [0.4, 0.5) is 0 Å². The highest BCUT2D eigenvalue weighted by Crippen LogP contribution is 2.12. The van der Waals surface area contributed by atoms with E-state index in [4.69, 9.17) is 18.3 Å². The van der Waals surface area contributed by atoms with Crippen molar-refractivity contribution in [2.24, 2.45) is 0 Å². The van der Waals surface area contributed by atoms with Crippen molar-refractivity contribution in [3.63, 3.8) is 0 Å². The molecule has 2 aromatic heterocycles. The summed E-state index contributed by atoms with van der Waals surface area (Å²) in [5.41, 5.74) is 0.553. The van der Waals surface area contributed by atoms with Gasteiger partial charge in [-0.15, -0.1) is 0 Å². The summed E-state index contributed by atoms with van der Waals surface area (Å²) < 4.78 is 20.1. The van der Waals surface area contributed by atoms with E-state index in [0.29, 0.717) is 37.7 Å². The van der Waals surface area contributed by atoms with Crippen molar-refractivity contribution in [2.45, 2.75) is 13.8 Å². The molecule has 0 atom stereocenters. The minimum Gasteiger partial charge on any atom is -0.469 e. The lowest BCUT2D eigenvalue weighted by atomic mass is 10.2. The monoisotopic (exact) mass is 418 g/mol. The molecule has 30 heavy (non-hydrogen) atoms. The van der Waals surface area contributed by atoms with Gasteiger partial charge in [-0.3, -0.25) is 9.59 Å². The molecule has 0 aliphatic carbocycles. The molecule has 0 aromatic carbocycles. The third-order valence-electron chi connectivity index (χ3n) is 4.80. The number of amides is 2. The molecule has 10 nitrogen and oxygen atoms in total. The van der Waals surface area contributed by atoms with Gasteiger partial charge in [-0.2, -0.15) is 0 Å². The number of hydrogen-bond acceptors (Lipinski definition) is 8. The molecule has 10 heteroatoms. The number of rotatable bonds is 6. The van der Waals surface area contributed by atoms with Gasteiger partial charge in [-0.25, -0.2) is 9.59 Å². The number of hydrogen-bond donors (Lipinski definition) is 0. The molecule has 0 radical (unpaired) electrons. The van der Waals surface area contributed by atoms with Crippen LogP contribution in [-0.4, -0.2) is 72.9 Å². The van der Waals surface area contributed by atoms with Crippen molar-refractivity contribution in [1.82, 2.24) is 9.80 Å². The van der Waals surface area contributed by atoms with Crippen LogP contribution in [0.5, 0.6) is 0 Å². The van der Waals surface area contributed by atoms with E-state index in [-0.39, 0.29) is 36.2 Å². The largest absolute Gasteiger partial charge is 0.469 e. The summed E-state index contributed by atoms with van der Waals surface area (Å²) in [6.45, 7) is 3.65. The fraction of sp³-hybridized carbons (Fsp3) is 0.400.